The molecular weight excluding hydrogens is 280 g/mol. The fourth-order valence-corrected chi connectivity index (χ4v) is 2.76. The topological polar surface area (TPSA) is 61.8 Å². The van der Waals surface area contributed by atoms with Crippen molar-refractivity contribution in [3.05, 3.63) is 0 Å². The van der Waals surface area contributed by atoms with Gasteiger partial charge in [0.1, 0.15) is 5.60 Å². The SMILES string of the molecule is CCC(O)CCNC(C)C1CCCN(C(=O)OC(C)(C)C)C1. The van der Waals surface area contributed by atoms with Crippen LogP contribution in [0.25, 0.3) is 0 Å². The van der Waals surface area contributed by atoms with E-state index in [1.54, 1.807) is 0 Å². The van der Waals surface area contributed by atoms with Crippen LogP contribution in [0.5, 0.6) is 0 Å². The molecular formula is C17H34N2O3. The van der Waals surface area contributed by atoms with Crippen LogP contribution in [-0.4, -0.2) is 53.5 Å². The van der Waals surface area contributed by atoms with E-state index < -0.39 is 5.60 Å². The largest absolute Gasteiger partial charge is 0.444 e. The van der Waals surface area contributed by atoms with E-state index in [4.69, 9.17) is 4.74 Å². The smallest absolute Gasteiger partial charge is 0.410 e. The fourth-order valence-electron chi connectivity index (χ4n) is 2.76. The van der Waals surface area contributed by atoms with Crippen LogP contribution in [0.4, 0.5) is 4.79 Å². The highest BCUT2D eigenvalue weighted by atomic mass is 16.6. The number of aliphatic hydroxyl groups excluding tert-OH is 1. The second-order valence-corrected chi connectivity index (χ2v) is 7.42. The molecule has 2 N–H and O–H groups in total. The summed E-state index contributed by atoms with van der Waals surface area (Å²) in [7, 11) is 0. The Morgan fingerprint density at radius 2 is 2.14 bits per heavy atom. The zero-order valence-corrected chi connectivity index (χ0v) is 14.9. The molecule has 5 nitrogen and oxygen atoms in total. The Balaban J connectivity index is 2.40. The van der Waals surface area contributed by atoms with Gasteiger partial charge in [-0.3, -0.25) is 0 Å². The number of hydrogen-bond donors (Lipinski definition) is 2. The number of aliphatic hydroxyl groups is 1. The normalized spacial score (nSPS) is 22.3. The number of ether oxygens (including phenoxy) is 1. The summed E-state index contributed by atoms with van der Waals surface area (Å²) in [4.78, 5) is 14.0. The van der Waals surface area contributed by atoms with Crippen LogP contribution in [0.1, 0.15) is 60.3 Å². The maximum atomic E-state index is 12.2. The van der Waals surface area contributed by atoms with E-state index in [9.17, 15) is 9.90 Å². The van der Waals surface area contributed by atoms with E-state index in [0.717, 1.165) is 45.3 Å². The highest BCUT2D eigenvalue weighted by Crippen LogP contribution is 2.22. The Labute approximate surface area is 135 Å². The maximum absolute atomic E-state index is 12.2. The summed E-state index contributed by atoms with van der Waals surface area (Å²) in [6.45, 7) is 12.2. The van der Waals surface area contributed by atoms with Gasteiger partial charge in [0.2, 0.25) is 0 Å². The van der Waals surface area contributed by atoms with Crippen molar-refractivity contribution in [1.82, 2.24) is 10.2 Å². The van der Waals surface area contributed by atoms with Gasteiger partial charge >= 0.3 is 6.09 Å². The minimum atomic E-state index is -0.440. The molecule has 5 heteroatoms. The summed E-state index contributed by atoms with van der Waals surface area (Å²) >= 11 is 0. The van der Waals surface area contributed by atoms with Crippen LogP contribution in [0.3, 0.4) is 0 Å². The van der Waals surface area contributed by atoms with E-state index in [1.807, 2.05) is 32.6 Å². The molecule has 1 fully saturated rings. The number of rotatable bonds is 6. The quantitative estimate of drug-likeness (QED) is 0.791. The van der Waals surface area contributed by atoms with Gasteiger partial charge in [0, 0.05) is 19.1 Å². The van der Waals surface area contributed by atoms with E-state index in [1.165, 1.54) is 0 Å². The molecule has 3 unspecified atom stereocenters. The summed E-state index contributed by atoms with van der Waals surface area (Å²) in [5.74, 6) is 0.444. The molecule has 0 aromatic heterocycles. The van der Waals surface area contributed by atoms with E-state index in [0.29, 0.717) is 12.0 Å². The van der Waals surface area contributed by atoms with Crippen molar-refractivity contribution in [3.8, 4) is 0 Å². The Bertz CT molecular complexity index is 341. The lowest BCUT2D eigenvalue weighted by atomic mass is 9.91. The van der Waals surface area contributed by atoms with Crippen molar-refractivity contribution in [1.29, 1.82) is 0 Å². The average molecular weight is 314 g/mol. The molecule has 1 saturated heterocycles. The number of nitrogens with one attached hydrogen (secondary N) is 1. The molecule has 0 spiro atoms. The van der Waals surface area contributed by atoms with Crippen molar-refractivity contribution in [2.75, 3.05) is 19.6 Å². The molecule has 130 valence electrons. The first kappa shape index (κ1) is 19.2. The van der Waals surface area contributed by atoms with Gasteiger partial charge in [-0.2, -0.15) is 0 Å². The predicted molar refractivity (Wildman–Crippen MR) is 88.9 cm³/mol. The first-order valence-corrected chi connectivity index (χ1v) is 8.62. The van der Waals surface area contributed by atoms with Gasteiger partial charge in [-0.05, 0) is 65.8 Å². The molecule has 1 rings (SSSR count). The molecule has 22 heavy (non-hydrogen) atoms. The first-order chi connectivity index (χ1) is 10.2. The molecule has 1 heterocycles. The number of nitrogens with zero attached hydrogens (tertiary/aromatic N) is 1. The van der Waals surface area contributed by atoms with Gasteiger partial charge < -0.3 is 20.1 Å². The Kier molecular flexibility index (Phi) is 7.63. The first-order valence-electron chi connectivity index (χ1n) is 8.62. The average Bonchev–Trinajstić information content (AvgIpc) is 2.45. The third-order valence-electron chi connectivity index (χ3n) is 4.23. The van der Waals surface area contributed by atoms with Crippen LogP contribution >= 0.6 is 0 Å². The summed E-state index contributed by atoms with van der Waals surface area (Å²) in [5, 5.41) is 13.1. The molecule has 0 bridgehead atoms. The standard InChI is InChI=1S/C17H34N2O3/c1-6-15(20)9-10-18-13(2)14-8-7-11-19(12-14)16(21)22-17(3,4)5/h13-15,18,20H,6-12H2,1-5H3. The maximum Gasteiger partial charge on any atom is 0.410 e. The number of amides is 1. The molecule has 0 saturated carbocycles. The summed E-state index contributed by atoms with van der Waals surface area (Å²) in [6.07, 6.45) is 3.31. The molecule has 1 aliphatic heterocycles. The second-order valence-electron chi connectivity index (χ2n) is 7.42. The summed E-state index contributed by atoms with van der Waals surface area (Å²) in [5.41, 5.74) is -0.440. The highest BCUT2D eigenvalue weighted by Gasteiger charge is 2.29. The van der Waals surface area contributed by atoms with Crippen LogP contribution in [-0.2, 0) is 4.74 Å². The summed E-state index contributed by atoms with van der Waals surface area (Å²) < 4.78 is 5.47. The number of piperidine rings is 1. The Hall–Kier alpha value is -0.810. The lowest BCUT2D eigenvalue weighted by molar-refractivity contribution is 0.0148. The molecule has 3 atom stereocenters. The zero-order valence-electron chi connectivity index (χ0n) is 14.9. The minimum absolute atomic E-state index is 0.203. The molecule has 0 aliphatic carbocycles. The lowest BCUT2D eigenvalue weighted by Crippen LogP contribution is -2.48. The molecule has 0 radical (unpaired) electrons. The van der Waals surface area contributed by atoms with Gasteiger partial charge in [0.25, 0.3) is 0 Å². The van der Waals surface area contributed by atoms with Crippen molar-refractivity contribution in [2.45, 2.75) is 78.0 Å². The molecule has 0 aromatic carbocycles. The van der Waals surface area contributed by atoms with Crippen molar-refractivity contribution in [3.63, 3.8) is 0 Å². The monoisotopic (exact) mass is 314 g/mol. The van der Waals surface area contributed by atoms with Crippen molar-refractivity contribution < 1.29 is 14.6 Å². The van der Waals surface area contributed by atoms with E-state index >= 15 is 0 Å². The van der Waals surface area contributed by atoms with Crippen LogP contribution in [0, 0.1) is 5.92 Å². The third-order valence-corrected chi connectivity index (χ3v) is 4.23. The predicted octanol–water partition coefficient (Wildman–Crippen LogP) is 2.77. The van der Waals surface area contributed by atoms with Crippen LogP contribution in [0.2, 0.25) is 0 Å². The van der Waals surface area contributed by atoms with Gasteiger partial charge in [-0.25, -0.2) is 4.79 Å². The highest BCUT2D eigenvalue weighted by molar-refractivity contribution is 5.68. The van der Waals surface area contributed by atoms with E-state index in [2.05, 4.69) is 12.2 Å². The van der Waals surface area contributed by atoms with Gasteiger partial charge in [-0.15, -0.1) is 0 Å². The minimum Gasteiger partial charge on any atom is -0.444 e. The number of carbonyl (C=O) groups excluding carboxylic acids is 1. The van der Waals surface area contributed by atoms with Crippen molar-refractivity contribution in [2.24, 2.45) is 5.92 Å². The molecule has 1 aliphatic rings. The molecule has 1 amide bonds. The van der Waals surface area contributed by atoms with Gasteiger partial charge in [0.15, 0.2) is 0 Å². The Morgan fingerprint density at radius 3 is 2.73 bits per heavy atom. The Morgan fingerprint density at radius 1 is 1.45 bits per heavy atom. The fraction of sp³-hybridized carbons (Fsp3) is 0.941. The number of likely N-dealkylation sites (tertiary alicyclic amines) is 1. The van der Waals surface area contributed by atoms with Crippen LogP contribution < -0.4 is 5.32 Å². The van der Waals surface area contributed by atoms with Gasteiger partial charge in [-0.1, -0.05) is 6.92 Å². The number of hydrogen-bond acceptors (Lipinski definition) is 4. The zero-order chi connectivity index (χ0) is 16.8. The molecule has 0 aromatic rings. The van der Waals surface area contributed by atoms with Gasteiger partial charge in [0.05, 0.1) is 6.10 Å². The van der Waals surface area contributed by atoms with E-state index in [-0.39, 0.29) is 12.2 Å². The van der Waals surface area contributed by atoms with Crippen LogP contribution in [0.15, 0.2) is 0 Å². The van der Waals surface area contributed by atoms with Crippen molar-refractivity contribution >= 4 is 6.09 Å². The summed E-state index contributed by atoms with van der Waals surface area (Å²) in [6, 6.07) is 0.342. The number of carbonyl (C=O) groups is 1. The third kappa shape index (κ3) is 6.97. The lowest BCUT2D eigenvalue weighted by Gasteiger charge is -2.37. The second kappa shape index (κ2) is 8.73.